The monoisotopic (exact) mass is 520 g/mol. The fraction of sp³-hybridized carbons (Fsp3) is 0.292. The number of fused-ring (bicyclic) bond motifs is 1. The lowest BCUT2D eigenvalue weighted by atomic mass is 10.1. The molecule has 3 aromatic rings. The average molecular weight is 521 g/mol. The highest BCUT2D eigenvalue weighted by Gasteiger charge is 2.40. The van der Waals surface area contributed by atoms with E-state index >= 15 is 0 Å². The summed E-state index contributed by atoms with van der Waals surface area (Å²) in [7, 11) is 0. The van der Waals surface area contributed by atoms with E-state index < -0.39 is 11.7 Å². The fourth-order valence-corrected chi connectivity index (χ4v) is 5.50. The molecule has 0 bridgehead atoms. The maximum Gasteiger partial charge on any atom is 0.416 e. The highest BCUT2D eigenvalue weighted by Crippen LogP contribution is 2.36. The quantitative estimate of drug-likeness (QED) is 0.457. The van der Waals surface area contributed by atoms with Crippen molar-refractivity contribution < 1.29 is 22.8 Å². The van der Waals surface area contributed by atoms with Crippen LogP contribution in [0.25, 0.3) is 17.0 Å². The van der Waals surface area contributed by atoms with Gasteiger partial charge in [-0.25, -0.2) is 0 Å². The number of benzene rings is 2. The molecular formula is C24H20ClF3N4O2S. The van der Waals surface area contributed by atoms with E-state index in [1.54, 1.807) is 30.5 Å². The van der Waals surface area contributed by atoms with Crippen LogP contribution in [-0.4, -0.2) is 45.0 Å². The molecule has 2 amide bonds. The molecule has 6 nitrogen and oxygen atoms in total. The van der Waals surface area contributed by atoms with Gasteiger partial charge in [0.05, 0.1) is 34.8 Å². The maximum atomic E-state index is 13.5. The van der Waals surface area contributed by atoms with Crippen LogP contribution in [-0.2, 0) is 17.5 Å². The van der Waals surface area contributed by atoms with Crippen molar-refractivity contribution in [3.05, 3.63) is 69.2 Å². The van der Waals surface area contributed by atoms with E-state index in [0.29, 0.717) is 27.9 Å². The standard InChI is InChI=1S/C24H20ClF3N4O2S/c25-17-5-4-15(19(10-17)24(26,27)28)13-31-20-6-3-14(8-16(20)11-30-31)9-21-22(33)32(23(34)35-21)18-2-1-7-29-12-18/h3-6,8-11,18,29H,1-2,7,12-13H2. The number of piperidine rings is 1. The van der Waals surface area contributed by atoms with Crippen molar-refractivity contribution in [3.63, 3.8) is 0 Å². The Hall–Kier alpha value is -2.82. The number of amides is 2. The molecule has 1 unspecified atom stereocenters. The molecule has 2 aliphatic rings. The van der Waals surface area contributed by atoms with Gasteiger partial charge in [-0.05, 0) is 72.6 Å². The third-order valence-electron chi connectivity index (χ3n) is 6.12. The summed E-state index contributed by atoms with van der Waals surface area (Å²) in [6.45, 7) is 1.40. The zero-order valence-corrected chi connectivity index (χ0v) is 19.9. The second-order valence-corrected chi connectivity index (χ2v) is 9.90. The number of thioether (sulfide) groups is 1. The van der Waals surface area contributed by atoms with Gasteiger partial charge in [-0.2, -0.15) is 18.3 Å². The predicted octanol–water partition coefficient (Wildman–Crippen LogP) is 5.55. The first-order valence-electron chi connectivity index (χ1n) is 11.0. The molecule has 2 saturated heterocycles. The van der Waals surface area contributed by atoms with E-state index in [1.165, 1.54) is 21.7 Å². The van der Waals surface area contributed by atoms with Crippen LogP contribution < -0.4 is 5.32 Å². The van der Waals surface area contributed by atoms with Crippen LogP contribution >= 0.6 is 23.4 Å². The predicted molar refractivity (Wildman–Crippen MR) is 129 cm³/mol. The molecule has 2 aromatic carbocycles. The van der Waals surface area contributed by atoms with Crippen molar-refractivity contribution in [2.24, 2.45) is 0 Å². The summed E-state index contributed by atoms with van der Waals surface area (Å²) in [6, 6.07) is 8.84. The molecule has 0 saturated carbocycles. The zero-order chi connectivity index (χ0) is 24.7. The number of nitrogens with zero attached hydrogens (tertiary/aromatic N) is 3. The maximum absolute atomic E-state index is 13.5. The van der Waals surface area contributed by atoms with Gasteiger partial charge in [0.1, 0.15) is 0 Å². The summed E-state index contributed by atoms with van der Waals surface area (Å²) in [5.41, 5.74) is 0.606. The molecule has 182 valence electrons. The number of carbonyl (C=O) groups excluding carboxylic acids is 2. The second kappa shape index (κ2) is 9.33. The smallest absolute Gasteiger partial charge is 0.315 e. The molecule has 11 heteroatoms. The number of alkyl halides is 3. The first kappa shape index (κ1) is 23.9. The number of hydrogen-bond donors (Lipinski definition) is 1. The van der Waals surface area contributed by atoms with Crippen molar-refractivity contribution in [3.8, 4) is 0 Å². The van der Waals surface area contributed by atoms with Crippen LogP contribution in [0.15, 0.2) is 47.5 Å². The topological polar surface area (TPSA) is 67.2 Å². The Labute approximate surface area is 208 Å². The number of imide groups is 1. The number of nitrogens with one attached hydrogen (secondary N) is 1. The SMILES string of the molecule is O=C1SC(=Cc2ccc3c(cnn3Cc3ccc(Cl)cc3C(F)(F)F)c2)C(=O)N1C1CCCNC1. The van der Waals surface area contributed by atoms with Crippen LogP contribution in [0.1, 0.15) is 29.5 Å². The van der Waals surface area contributed by atoms with Crippen molar-refractivity contribution in [1.29, 1.82) is 0 Å². The van der Waals surface area contributed by atoms with Gasteiger partial charge < -0.3 is 5.32 Å². The summed E-state index contributed by atoms with van der Waals surface area (Å²) in [4.78, 5) is 27.1. The van der Waals surface area contributed by atoms with E-state index in [1.807, 2.05) is 0 Å². The molecule has 0 spiro atoms. The lowest BCUT2D eigenvalue weighted by Gasteiger charge is -2.29. The van der Waals surface area contributed by atoms with Crippen LogP contribution in [0.2, 0.25) is 5.02 Å². The summed E-state index contributed by atoms with van der Waals surface area (Å²) in [5, 5.41) is 7.93. The Bertz CT molecular complexity index is 1350. The third-order valence-corrected chi connectivity index (χ3v) is 7.24. The number of carbonyl (C=O) groups is 2. The highest BCUT2D eigenvalue weighted by molar-refractivity contribution is 8.18. The highest BCUT2D eigenvalue weighted by atomic mass is 35.5. The first-order valence-corrected chi connectivity index (χ1v) is 12.2. The molecule has 2 aliphatic heterocycles. The molecule has 35 heavy (non-hydrogen) atoms. The van der Waals surface area contributed by atoms with E-state index in [9.17, 15) is 22.8 Å². The van der Waals surface area contributed by atoms with E-state index in [-0.39, 0.29) is 34.3 Å². The molecule has 1 aromatic heterocycles. The van der Waals surface area contributed by atoms with Gasteiger partial charge in [0.15, 0.2) is 0 Å². The number of hydrogen-bond acceptors (Lipinski definition) is 5. The molecule has 5 rings (SSSR count). The Morgan fingerprint density at radius 1 is 1.20 bits per heavy atom. The molecule has 1 N–H and O–H groups in total. The van der Waals surface area contributed by atoms with Gasteiger partial charge in [0, 0.05) is 17.0 Å². The first-order chi connectivity index (χ1) is 16.7. The molecule has 0 aliphatic carbocycles. The second-order valence-electron chi connectivity index (χ2n) is 8.47. The van der Waals surface area contributed by atoms with Crippen LogP contribution in [0, 0.1) is 0 Å². The van der Waals surface area contributed by atoms with Crippen molar-refractivity contribution in [2.75, 3.05) is 13.1 Å². The zero-order valence-electron chi connectivity index (χ0n) is 18.3. The summed E-state index contributed by atoms with van der Waals surface area (Å²) >= 11 is 6.70. The van der Waals surface area contributed by atoms with E-state index in [4.69, 9.17) is 11.6 Å². The molecule has 1 atom stereocenters. The molecule has 3 heterocycles. The fourth-order valence-electron chi connectivity index (χ4n) is 4.43. The van der Waals surface area contributed by atoms with Gasteiger partial charge in [0.2, 0.25) is 0 Å². The number of rotatable bonds is 4. The Balaban J connectivity index is 1.40. The van der Waals surface area contributed by atoms with Gasteiger partial charge in [-0.15, -0.1) is 0 Å². The van der Waals surface area contributed by atoms with Crippen molar-refractivity contribution in [2.45, 2.75) is 31.6 Å². The van der Waals surface area contributed by atoms with Crippen molar-refractivity contribution >= 4 is 51.5 Å². The minimum atomic E-state index is -4.53. The normalized spacial score (nSPS) is 20.4. The average Bonchev–Trinajstić information content (AvgIpc) is 3.34. The Kier molecular flexibility index (Phi) is 6.37. The van der Waals surface area contributed by atoms with Gasteiger partial charge in [0.25, 0.3) is 11.1 Å². The van der Waals surface area contributed by atoms with Gasteiger partial charge in [-0.1, -0.05) is 23.7 Å². The number of aromatic nitrogens is 2. The third kappa shape index (κ3) is 4.82. The lowest BCUT2D eigenvalue weighted by Crippen LogP contribution is -2.47. The Morgan fingerprint density at radius 2 is 2.03 bits per heavy atom. The van der Waals surface area contributed by atoms with Gasteiger partial charge >= 0.3 is 6.18 Å². The number of halogens is 4. The van der Waals surface area contributed by atoms with E-state index in [2.05, 4.69) is 10.4 Å². The van der Waals surface area contributed by atoms with Crippen molar-refractivity contribution in [1.82, 2.24) is 20.0 Å². The summed E-state index contributed by atoms with van der Waals surface area (Å²) in [5.74, 6) is -0.299. The summed E-state index contributed by atoms with van der Waals surface area (Å²) in [6.07, 6.45) is 0.390. The lowest BCUT2D eigenvalue weighted by molar-refractivity contribution is -0.138. The van der Waals surface area contributed by atoms with Gasteiger partial charge in [-0.3, -0.25) is 19.2 Å². The summed E-state index contributed by atoms with van der Waals surface area (Å²) < 4.78 is 41.9. The van der Waals surface area contributed by atoms with Crippen LogP contribution in [0.5, 0.6) is 0 Å². The van der Waals surface area contributed by atoms with E-state index in [0.717, 1.165) is 37.2 Å². The van der Waals surface area contributed by atoms with Crippen LogP contribution in [0.3, 0.4) is 0 Å². The largest absolute Gasteiger partial charge is 0.416 e. The minimum Gasteiger partial charge on any atom is -0.315 e. The molecule has 0 radical (unpaired) electrons. The van der Waals surface area contributed by atoms with Crippen LogP contribution in [0.4, 0.5) is 18.0 Å². The molecule has 2 fully saturated rings. The minimum absolute atomic E-state index is 0.0141. The molecular weight excluding hydrogens is 501 g/mol. The Morgan fingerprint density at radius 3 is 2.77 bits per heavy atom.